The molecule has 0 spiro atoms. The SMILES string of the molecule is CCc1cc(O)cc(C)c1OCCCNC(=O)c1ccc(C(F)(F)F)cc1. The van der Waals surface area contributed by atoms with E-state index in [1.165, 1.54) is 0 Å². The largest absolute Gasteiger partial charge is 0.508 e. The average Bonchev–Trinajstić information content (AvgIpc) is 2.61. The predicted octanol–water partition coefficient (Wildman–Crippen LogP) is 4.48. The molecule has 0 aliphatic heterocycles. The van der Waals surface area contributed by atoms with Crippen molar-refractivity contribution in [3.05, 3.63) is 58.7 Å². The van der Waals surface area contributed by atoms with Crippen molar-refractivity contribution in [3.63, 3.8) is 0 Å². The Morgan fingerprint density at radius 1 is 1.19 bits per heavy atom. The second kappa shape index (κ2) is 8.79. The second-order valence-electron chi connectivity index (χ2n) is 6.14. The molecule has 4 nitrogen and oxygen atoms in total. The van der Waals surface area contributed by atoms with E-state index in [1.54, 1.807) is 12.1 Å². The van der Waals surface area contributed by atoms with Crippen LogP contribution in [0.3, 0.4) is 0 Å². The van der Waals surface area contributed by atoms with E-state index < -0.39 is 17.6 Å². The van der Waals surface area contributed by atoms with Crippen molar-refractivity contribution in [1.29, 1.82) is 0 Å². The van der Waals surface area contributed by atoms with Crippen LogP contribution in [0.5, 0.6) is 11.5 Å². The molecular formula is C20H22F3NO3. The van der Waals surface area contributed by atoms with Gasteiger partial charge in [-0.25, -0.2) is 0 Å². The number of alkyl halides is 3. The maximum atomic E-state index is 12.5. The number of carbonyl (C=O) groups excluding carboxylic acids is 1. The molecule has 2 rings (SSSR count). The first-order valence-electron chi connectivity index (χ1n) is 8.63. The van der Waals surface area contributed by atoms with E-state index in [0.717, 1.165) is 47.6 Å². The number of amides is 1. The minimum Gasteiger partial charge on any atom is -0.508 e. The topological polar surface area (TPSA) is 58.6 Å². The van der Waals surface area contributed by atoms with E-state index in [0.29, 0.717) is 19.6 Å². The minimum atomic E-state index is -4.42. The van der Waals surface area contributed by atoms with E-state index in [2.05, 4.69) is 5.32 Å². The number of hydrogen-bond acceptors (Lipinski definition) is 3. The van der Waals surface area contributed by atoms with Crippen LogP contribution >= 0.6 is 0 Å². The lowest BCUT2D eigenvalue weighted by atomic mass is 10.1. The maximum absolute atomic E-state index is 12.5. The number of carbonyl (C=O) groups is 1. The number of aromatic hydroxyl groups is 1. The Morgan fingerprint density at radius 2 is 1.85 bits per heavy atom. The monoisotopic (exact) mass is 381 g/mol. The van der Waals surface area contributed by atoms with Crippen LogP contribution in [-0.2, 0) is 12.6 Å². The lowest BCUT2D eigenvalue weighted by molar-refractivity contribution is -0.137. The molecule has 2 aromatic carbocycles. The Labute approximate surface area is 156 Å². The number of halogens is 3. The highest BCUT2D eigenvalue weighted by Gasteiger charge is 2.30. The number of nitrogens with one attached hydrogen (secondary N) is 1. The Bertz CT molecular complexity index is 786. The maximum Gasteiger partial charge on any atom is 0.416 e. The number of aryl methyl sites for hydroxylation is 2. The summed E-state index contributed by atoms with van der Waals surface area (Å²) in [5, 5.41) is 12.3. The normalized spacial score (nSPS) is 11.3. The summed E-state index contributed by atoms with van der Waals surface area (Å²) in [6.45, 7) is 4.51. The minimum absolute atomic E-state index is 0.173. The summed E-state index contributed by atoms with van der Waals surface area (Å²) in [6, 6.07) is 7.37. The van der Waals surface area contributed by atoms with Gasteiger partial charge in [0.15, 0.2) is 0 Å². The average molecular weight is 381 g/mol. The summed E-state index contributed by atoms with van der Waals surface area (Å²) in [7, 11) is 0. The lowest BCUT2D eigenvalue weighted by Gasteiger charge is -2.14. The molecule has 7 heteroatoms. The zero-order chi connectivity index (χ0) is 20.0. The third-order valence-corrected chi connectivity index (χ3v) is 4.04. The Hall–Kier alpha value is -2.70. The van der Waals surface area contributed by atoms with Gasteiger partial charge in [0.2, 0.25) is 0 Å². The van der Waals surface area contributed by atoms with Crippen LogP contribution in [0.1, 0.15) is 40.4 Å². The molecule has 146 valence electrons. The van der Waals surface area contributed by atoms with Crippen molar-refractivity contribution in [2.45, 2.75) is 32.9 Å². The molecule has 0 fully saturated rings. The molecule has 0 heterocycles. The summed E-state index contributed by atoms with van der Waals surface area (Å²) >= 11 is 0. The van der Waals surface area contributed by atoms with E-state index in [1.807, 2.05) is 13.8 Å². The van der Waals surface area contributed by atoms with Gasteiger partial charge in [-0.15, -0.1) is 0 Å². The summed E-state index contributed by atoms with van der Waals surface area (Å²) < 4.78 is 43.3. The molecule has 2 aromatic rings. The van der Waals surface area contributed by atoms with Crippen LogP contribution in [0.2, 0.25) is 0 Å². The summed E-state index contributed by atoms with van der Waals surface area (Å²) in [6.07, 6.45) is -3.17. The standard InChI is InChI=1S/C20H22F3NO3/c1-3-14-12-17(25)11-13(2)18(14)27-10-4-9-24-19(26)15-5-7-16(8-6-15)20(21,22)23/h5-8,11-12,25H,3-4,9-10H2,1-2H3,(H,24,26). The molecule has 2 N–H and O–H groups in total. The number of ether oxygens (including phenoxy) is 1. The zero-order valence-electron chi connectivity index (χ0n) is 15.2. The molecule has 0 aliphatic carbocycles. The molecule has 27 heavy (non-hydrogen) atoms. The molecule has 0 saturated carbocycles. The van der Waals surface area contributed by atoms with Crippen molar-refractivity contribution >= 4 is 5.91 Å². The number of phenolic OH excluding ortho intramolecular Hbond substituents is 1. The van der Waals surface area contributed by atoms with Gasteiger partial charge in [-0.05, 0) is 67.3 Å². The third-order valence-electron chi connectivity index (χ3n) is 4.04. The van der Waals surface area contributed by atoms with Crippen LogP contribution in [0.4, 0.5) is 13.2 Å². The highest BCUT2D eigenvalue weighted by atomic mass is 19.4. The number of benzene rings is 2. The highest BCUT2D eigenvalue weighted by molar-refractivity contribution is 5.94. The zero-order valence-corrected chi connectivity index (χ0v) is 15.2. The molecule has 0 radical (unpaired) electrons. The smallest absolute Gasteiger partial charge is 0.416 e. The number of phenols is 1. The molecule has 0 bridgehead atoms. The molecule has 1 amide bonds. The van der Waals surface area contributed by atoms with Crippen LogP contribution in [0.25, 0.3) is 0 Å². The first kappa shape index (κ1) is 20.6. The second-order valence-corrected chi connectivity index (χ2v) is 6.14. The van der Waals surface area contributed by atoms with Gasteiger partial charge >= 0.3 is 6.18 Å². The van der Waals surface area contributed by atoms with Crippen molar-refractivity contribution in [2.75, 3.05) is 13.2 Å². The van der Waals surface area contributed by atoms with Gasteiger partial charge < -0.3 is 15.2 Å². The van der Waals surface area contributed by atoms with Gasteiger partial charge in [-0.1, -0.05) is 6.92 Å². The van der Waals surface area contributed by atoms with Crippen LogP contribution < -0.4 is 10.1 Å². The predicted molar refractivity (Wildman–Crippen MR) is 96.1 cm³/mol. The molecule has 0 aliphatic rings. The molecular weight excluding hydrogens is 359 g/mol. The first-order valence-corrected chi connectivity index (χ1v) is 8.63. The van der Waals surface area contributed by atoms with E-state index in [-0.39, 0.29) is 11.3 Å². The lowest BCUT2D eigenvalue weighted by Crippen LogP contribution is -2.25. The summed E-state index contributed by atoms with van der Waals surface area (Å²) in [5.74, 6) is 0.489. The van der Waals surface area contributed by atoms with E-state index in [9.17, 15) is 23.1 Å². The fourth-order valence-electron chi connectivity index (χ4n) is 2.66. The van der Waals surface area contributed by atoms with Crippen LogP contribution in [-0.4, -0.2) is 24.2 Å². The van der Waals surface area contributed by atoms with Gasteiger partial charge in [0.05, 0.1) is 12.2 Å². The quantitative estimate of drug-likeness (QED) is 0.695. The molecule has 0 saturated heterocycles. The Morgan fingerprint density at radius 3 is 2.44 bits per heavy atom. The van der Waals surface area contributed by atoms with Crippen LogP contribution in [0, 0.1) is 6.92 Å². The van der Waals surface area contributed by atoms with Crippen LogP contribution in [0.15, 0.2) is 36.4 Å². The van der Waals surface area contributed by atoms with Crippen molar-refractivity contribution < 1.29 is 27.8 Å². The van der Waals surface area contributed by atoms with E-state index in [4.69, 9.17) is 4.74 Å². The third kappa shape index (κ3) is 5.64. The molecule has 0 atom stereocenters. The van der Waals surface area contributed by atoms with Crippen molar-refractivity contribution in [1.82, 2.24) is 5.32 Å². The summed E-state index contributed by atoms with van der Waals surface area (Å²) in [5.41, 5.74) is 1.12. The Balaban J connectivity index is 1.81. The van der Waals surface area contributed by atoms with Gasteiger partial charge in [0.25, 0.3) is 5.91 Å². The molecule has 0 unspecified atom stereocenters. The fourth-order valence-corrected chi connectivity index (χ4v) is 2.66. The van der Waals surface area contributed by atoms with Crippen molar-refractivity contribution in [2.24, 2.45) is 0 Å². The van der Waals surface area contributed by atoms with E-state index >= 15 is 0 Å². The van der Waals surface area contributed by atoms with Crippen molar-refractivity contribution in [3.8, 4) is 11.5 Å². The molecule has 0 aromatic heterocycles. The highest BCUT2D eigenvalue weighted by Crippen LogP contribution is 2.30. The number of hydrogen-bond donors (Lipinski definition) is 2. The summed E-state index contributed by atoms with van der Waals surface area (Å²) in [4.78, 5) is 12.0. The number of rotatable bonds is 7. The first-order chi connectivity index (χ1) is 12.7. The van der Waals surface area contributed by atoms with Gasteiger partial charge in [0, 0.05) is 12.1 Å². The van der Waals surface area contributed by atoms with Gasteiger partial charge in [0.1, 0.15) is 11.5 Å². The van der Waals surface area contributed by atoms with Gasteiger partial charge in [-0.2, -0.15) is 13.2 Å². The fraction of sp³-hybridized carbons (Fsp3) is 0.350. The Kier molecular flexibility index (Phi) is 6.71. The van der Waals surface area contributed by atoms with Gasteiger partial charge in [-0.3, -0.25) is 4.79 Å².